The van der Waals surface area contributed by atoms with Crippen molar-refractivity contribution >= 4 is 17.5 Å². The SMILES string of the molecule is COCC(Cc1ccc(-c2cnc(C(C)(C)C)[nH]2)cc1)NC(=O)c1ccc(OC(C)C)c(Cl)c1. The van der Waals surface area contributed by atoms with Crippen LogP contribution in [0.5, 0.6) is 5.75 Å². The molecular formula is C27H34ClN3O3. The number of hydrogen-bond acceptors (Lipinski definition) is 4. The van der Waals surface area contributed by atoms with Crippen molar-refractivity contribution in [1.29, 1.82) is 0 Å². The molecule has 0 saturated heterocycles. The van der Waals surface area contributed by atoms with Crippen molar-refractivity contribution in [1.82, 2.24) is 15.3 Å². The maximum Gasteiger partial charge on any atom is 0.251 e. The van der Waals surface area contributed by atoms with E-state index in [1.54, 1.807) is 25.3 Å². The number of H-pyrrole nitrogens is 1. The van der Waals surface area contributed by atoms with Crippen LogP contribution in [0.3, 0.4) is 0 Å². The third-order valence-corrected chi connectivity index (χ3v) is 5.59. The molecule has 1 aromatic heterocycles. The molecule has 1 unspecified atom stereocenters. The lowest BCUT2D eigenvalue weighted by atomic mass is 9.96. The van der Waals surface area contributed by atoms with Crippen molar-refractivity contribution in [2.24, 2.45) is 0 Å². The van der Waals surface area contributed by atoms with E-state index in [9.17, 15) is 4.79 Å². The molecule has 0 aliphatic heterocycles. The summed E-state index contributed by atoms with van der Waals surface area (Å²) in [7, 11) is 1.63. The highest BCUT2D eigenvalue weighted by molar-refractivity contribution is 6.32. The minimum Gasteiger partial charge on any atom is -0.489 e. The van der Waals surface area contributed by atoms with Crippen LogP contribution in [0.4, 0.5) is 0 Å². The standard InChI is InChI=1S/C27H34ClN3O3/c1-17(2)34-24-12-11-20(14-22(24)28)25(32)30-21(16-33-6)13-18-7-9-19(10-8-18)23-15-29-26(31-23)27(3,4)5/h7-12,14-15,17,21H,13,16H2,1-6H3,(H,29,31)(H,30,32). The highest BCUT2D eigenvalue weighted by atomic mass is 35.5. The number of methoxy groups -OCH3 is 1. The van der Waals surface area contributed by atoms with Crippen molar-refractivity contribution in [2.75, 3.05) is 13.7 Å². The largest absolute Gasteiger partial charge is 0.489 e. The summed E-state index contributed by atoms with van der Waals surface area (Å²) in [6.07, 6.45) is 2.51. The van der Waals surface area contributed by atoms with Gasteiger partial charge in [0.15, 0.2) is 0 Å². The molecule has 0 aliphatic carbocycles. The number of ether oxygens (including phenoxy) is 2. The predicted octanol–water partition coefficient (Wildman–Crippen LogP) is 5.80. The van der Waals surface area contributed by atoms with Crippen molar-refractivity contribution < 1.29 is 14.3 Å². The van der Waals surface area contributed by atoms with Gasteiger partial charge in [-0.15, -0.1) is 0 Å². The number of imidazole rings is 1. The number of carbonyl (C=O) groups is 1. The third-order valence-electron chi connectivity index (χ3n) is 5.29. The molecule has 0 aliphatic rings. The van der Waals surface area contributed by atoms with E-state index in [1.807, 2.05) is 20.0 Å². The number of nitrogens with zero attached hydrogens (tertiary/aromatic N) is 1. The molecular weight excluding hydrogens is 450 g/mol. The quantitative estimate of drug-likeness (QED) is 0.403. The fraction of sp³-hybridized carbons (Fsp3) is 0.407. The van der Waals surface area contributed by atoms with Gasteiger partial charge in [0.25, 0.3) is 5.91 Å². The van der Waals surface area contributed by atoms with Crippen LogP contribution in [0.25, 0.3) is 11.3 Å². The molecule has 1 heterocycles. The van der Waals surface area contributed by atoms with E-state index in [2.05, 4.69) is 60.3 Å². The lowest BCUT2D eigenvalue weighted by Crippen LogP contribution is -2.39. The van der Waals surface area contributed by atoms with E-state index in [0.29, 0.717) is 29.4 Å². The van der Waals surface area contributed by atoms with Crippen LogP contribution in [0.2, 0.25) is 5.02 Å². The Labute approximate surface area is 207 Å². The van der Waals surface area contributed by atoms with Gasteiger partial charge >= 0.3 is 0 Å². The third kappa shape index (κ3) is 6.84. The fourth-order valence-corrected chi connectivity index (χ4v) is 3.79. The van der Waals surface area contributed by atoms with Crippen LogP contribution < -0.4 is 10.1 Å². The van der Waals surface area contributed by atoms with Crippen molar-refractivity contribution in [2.45, 2.75) is 58.6 Å². The van der Waals surface area contributed by atoms with E-state index in [4.69, 9.17) is 21.1 Å². The smallest absolute Gasteiger partial charge is 0.251 e. The lowest BCUT2D eigenvalue weighted by Gasteiger charge is -2.19. The molecule has 0 fully saturated rings. The zero-order valence-corrected chi connectivity index (χ0v) is 21.5. The number of amides is 1. The molecule has 7 heteroatoms. The summed E-state index contributed by atoms with van der Waals surface area (Å²) < 4.78 is 11.0. The zero-order valence-electron chi connectivity index (χ0n) is 20.7. The first kappa shape index (κ1) is 25.8. The Balaban J connectivity index is 1.67. The van der Waals surface area contributed by atoms with Gasteiger partial charge in [0, 0.05) is 18.1 Å². The van der Waals surface area contributed by atoms with Gasteiger partial charge in [0.1, 0.15) is 11.6 Å². The van der Waals surface area contributed by atoms with Gasteiger partial charge in [-0.2, -0.15) is 0 Å². The van der Waals surface area contributed by atoms with Crippen LogP contribution in [0.1, 0.15) is 56.4 Å². The molecule has 3 rings (SSSR count). The summed E-state index contributed by atoms with van der Waals surface area (Å²) in [6.45, 7) is 10.6. The van der Waals surface area contributed by atoms with Gasteiger partial charge in [0.05, 0.1) is 35.7 Å². The first-order valence-corrected chi connectivity index (χ1v) is 11.9. The number of nitrogens with one attached hydrogen (secondary N) is 2. The molecule has 2 aromatic carbocycles. The molecule has 0 spiro atoms. The van der Waals surface area contributed by atoms with Gasteiger partial charge in [-0.1, -0.05) is 56.6 Å². The van der Waals surface area contributed by atoms with E-state index in [0.717, 1.165) is 22.6 Å². The second-order valence-electron chi connectivity index (χ2n) is 9.73. The van der Waals surface area contributed by atoms with Crippen LogP contribution in [0.15, 0.2) is 48.7 Å². The highest BCUT2D eigenvalue weighted by Crippen LogP contribution is 2.27. The average molecular weight is 484 g/mol. The van der Waals surface area contributed by atoms with Crippen LogP contribution >= 0.6 is 11.6 Å². The second kappa shape index (κ2) is 11.1. The van der Waals surface area contributed by atoms with E-state index in [-0.39, 0.29) is 23.5 Å². The topological polar surface area (TPSA) is 76.2 Å². The summed E-state index contributed by atoms with van der Waals surface area (Å²) in [5.74, 6) is 1.32. The second-order valence-corrected chi connectivity index (χ2v) is 10.1. The maximum atomic E-state index is 12.9. The number of aromatic amines is 1. The Kier molecular flexibility index (Phi) is 8.39. The van der Waals surface area contributed by atoms with Gasteiger partial charge < -0.3 is 19.8 Å². The summed E-state index contributed by atoms with van der Waals surface area (Å²) in [4.78, 5) is 20.8. The van der Waals surface area contributed by atoms with Gasteiger partial charge in [-0.05, 0) is 49.6 Å². The summed E-state index contributed by atoms with van der Waals surface area (Å²) in [6, 6.07) is 13.1. The van der Waals surface area contributed by atoms with Gasteiger partial charge in [-0.25, -0.2) is 4.98 Å². The van der Waals surface area contributed by atoms with Crippen molar-refractivity contribution in [3.8, 4) is 17.0 Å². The van der Waals surface area contributed by atoms with E-state index in [1.165, 1.54) is 0 Å². The van der Waals surface area contributed by atoms with E-state index < -0.39 is 0 Å². The molecule has 0 saturated carbocycles. The first-order chi connectivity index (χ1) is 16.1. The number of carbonyl (C=O) groups excluding carboxylic acids is 1. The monoisotopic (exact) mass is 483 g/mol. The maximum absolute atomic E-state index is 12.9. The van der Waals surface area contributed by atoms with Gasteiger partial charge in [-0.3, -0.25) is 4.79 Å². The summed E-state index contributed by atoms with van der Waals surface area (Å²) >= 11 is 6.30. The molecule has 0 bridgehead atoms. The lowest BCUT2D eigenvalue weighted by molar-refractivity contribution is 0.0897. The summed E-state index contributed by atoms with van der Waals surface area (Å²) in [5.41, 5.74) is 3.60. The highest BCUT2D eigenvalue weighted by Gasteiger charge is 2.19. The normalized spacial score (nSPS) is 12.6. The molecule has 6 nitrogen and oxygen atoms in total. The average Bonchev–Trinajstić information content (AvgIpc) is 3.26. The Bertz CT molecular complexity index is 1100. The minimum atomic E-state index is -0.205. The molecule has 34 heavy (non-hydrogen) atoms. The Morgan fingerprint density at radius 1 is 1.15 bits per heavy atom. The summed E-state index contributed by atoms with van der Waals surface area (Å²) in [5, 5.41) is 3.47. The Morgan fingerprint density at radius 2 is 1.85 bits per heavy atom. The van der Waals surface area contributed by atoms with Crippen molar-refractivity contribution in [3.63, 3.8) is 0 Å². The molecule has 182 valence electrons. The van der Waals surface area contributed by atoms with E-state index >= 15 is 0 Å². The zero-order chi connectivity index (χ0) is 24.9. The predicted molar refractivity (Wildman–Crippen MR) is 137 cm³/mol. The molecule has 2 N–H and O–H groups in total. The van der Waals surface area contributed by atoms with Crippen LogP contribution in [-0.2, 0) is 16.6 Å². The number of hydrogen-bond donors (Lipinski definition) is 2. The Morgan fingerprint density at radius 3 is 2.41 bits per heavy atom. The molecule has 0 radical (unpaired) electrons. The fourth-order valence-electron chi connectivity index (χ4n) is 3.57. The molecule has 3 aromatic rings. The number of rotatable bonds is 9. The van der Waals surface area contributed by atoms with Gasteiger partial charge in [0.2, 0.25) is 0 Å². The minimum absolute atomic E-state index is 0.00320. The Hall–Kier alpha value is -2.83. The molecule has 1 atom stereocenters. The van der Waals surface area contributed by atoms with Crippen LogP contribution in [0, 0.1) is 0 Å². The van der Waals surface area contributed by atoms with Crippen LogP contribution in [-0.4, -0.2) is 41.7 Å². The number of benzene rings is 2. The number of aromatic nitrogens is 2. The first-order valence-electron chi connectivity index (χ1n) is 11.5. The molecule has 1 amide bonds. The van der Waals surface area contributed by atoms with Crippen molar-refractivity contribution in [3.05, 3.63) is 70.6 Å². The number of halogens is 1.